The van der Waals surface area contributed by atoms with Crippen LogP contribution in [0.5, 0.6) is 0 Å². The van der Waals surface area contributed by atoms with Gasteiger partial charge in [0.05, 0.1) is 16.7 Å². The van der Waals surface area contributed by atoms with E-state index in [0.29, 0.717) is 13.0 Å². The van der Waals surface area contributed by atoms with Crippen molar-refractivity contribution in [1.82, 2.24) is 0 Å². The number of benzene rings is 2. The lowest BCUT2D eigenvalue weighted by Crippen LogP contribution is -3.00. The monoisotopic (exact) mass is 517 g/mol. The molecule has 170 valence electrons. The van der Waals surface area contributed by atoms with E-state index < -0.39 is 10.1 Å². The quantitative estimate of drug-likeness (QED) is 0.216. The molecule has 0 unspecified atom stereocenters. The molecule has 0 atom stereocenters. The third-order valence-corrected chi connectivity index (χ3v) is 5.78. The number of aromatic nitrogens is 2. The van der Waals surface area contributed by atoms with Crippen LogP contribution >= 0.6 is 0 Å². The normalized spacial score (nSPS) is 11.0. The molecule has 0 saturated heterocycles. The molecule has 0 saturated carbocycles. The number of hydrogen-bond acceptors (Lipinski definition) is 4. The lowest BCUT2D eigenvalue weighted by Gasteiger charge is -2.05. The number of halogens is 1. The molecule has 0 aliphatic carbocycles. The van der Waals surface area contributed by atoms with Crippen molar-refractivity contribution in [2.75, 3.05) is 5.75 Å². The van der Waals surface area contributed by atoms with E-state index >= 15 is 0 Å². The Kier molecular flexibility index (Phi) is 9.27. The highest BCUT2D eigenvalue weighted by Gasteiger charge is 2.08. The van der Waals surface area contributed by atoms with Crippen LogP contribution in [-0.2, 0) is 30.3 Å². The lowest BCUT2D eigenvalue weighted by molar-refractivity contribution is -0.671. The Hall–Kier alpha value is -2.39. The number of aryl methyl sites for hydroxylation is 3. The third-order valence-electron chi connectivity index (χ3n) is 4.99. The highest BCUT2D eigenvalue weighted by molar-refractivity contribution is 7.85. The topological polar surface area (TPSA) is 85.2 Å². The van der Waals surface area contributed by atoms with Crippen LogP contribution in [0.2, 0.25) is 0 Å². The van der Waals surface area contributed by atoms with Crippen molar-refractivity contribution in [2.24, 2.45) is 7.05 Å². The molecule has 0 radical (unpaired) electrons. The maximum atomic E-state index is 10.6. The standard InChI is InChI=1S/C13H15NO3S.C11H11NO.BrH/c1-11-5-6-13-12(10-11)4-2-7-14(13)8-3-9-18(15,16)17;1-12-6-2-3-10-7-9(8-13)4-5-11(10)12;/h2,4-7,10H,3,8-9H2,1H3;2-5,7,13H,8H2,1H3;1H/p-1. The van der Waals surface area contributed by atoms with E-state index in [1.807, 2.05) is 83.9 Å². The van der Waals surface area contributed by atoms with Crippen LogP contribution in [0.3, 0.4) is 0 Å². The van der Waals surface area contributed by atoms with Gasteiger partial charge in [0, 0.05) is 29.7 Å². The molecule has 4 aromatic rings. The molecule has 2 heterocycles. The lowest BCUT2D eigenvalue weighted by atomic mass is 10.1. The highest BCUT2D eigenvalue weighted by atomic mass is 79.9. The summed E-state index contributed by atoms with van der Waals surface area (Å²) in [5, 5.41) is 11.2. The smallest absolute Gasteiger partial charge is 0.212 e. The molecule has 4 rings (SSSR count). The van der Waals surface area contributed by atoms with Crippen LogP contribution < -0.4 is 26.1 Å². The van der Waals surface area contributed by atoms with Crippen molar-refractivity contribution in [3.8, 4) is 0 Å². The van der Waals surface area contributed by atoms with Crippen molar-refractivity contribution in [3.63, 3.8) is 0 Å². The second-order valence-corrected chi connectivity index (χ2v) is 8.98. The van der Waals surface area contributed by atoms with Crippen LogP contribution in [0.25, 0.3) is 21.8 Å². The minimum absolute atomic E-state index is 0. The summed E-state index contributed by atoms with van der Waals surface area (Å²) in [7, 11) is -2.16. The second kappa shape index (κ2) is 11.5. The molecule has 8 heteroatoms. The zero-order valence-electron chi connectivity index (χ0n) is 18.0. The highest BCUT2D eigenvalue weighted by Crippen LogP contribution is 2.12. The SMILES string of the molecule is C[n+]1[c-]ccc2cc(CO)ccc21.Cc1ccc2c(ccc[n+]2CCCS(=O)(=O)[O-])c1.[Br-]. The van der Waals surface area contributed by atoms with Gasteiger partial charge in [-0.2, -0.15) is 10.6 Å². The van der Waals surface area contributed by atoms with Crippen molar-refractivity contribution in [2.45, 2.75) is 26.5 Å². The van der Waals surface area contributed by atoms with Gasteiger partial charge in [0.1, 0.15) is 25.3 Å². The summed E-state index contributed by atoms with van der Waals surface area (Å²) in [5.41, 5.74) is 4.30. The Bertz CT molecular complexity index is 1310. The molecule has 0 bridgehead atoms. The minimum atomic E-state index is -4.12. The van der Waals surface area contributed by atoms with Gasteiger partial charge in [-0.15, -0.1) is 6.07 Å². The molecule has 0 amide bonds. The van der Waals surface area contributed by atoms with Crippen molar-refractivity contribution in [1.29, 1.82) is 0 Å². The average molecular weight is 518 g/mol. The van der Waals surface area contributed by atoms with Gasteiger partial charge in [-0.3, -0.25) is 0 Å². The van der Waals surface area contributed by atoms with Gasteiger partial charge in [0.15, 0.2) is 6.20 Å². The summed E-state index contributed by atoms with van der Waals surface area (Å²) in [6, 6.07) is 19.8. The Balaban J connectivity index is 0.000000230. The minimum Gasteiger partial charge on any atom is -1.00 e. The molecule has 6 nitrogen and oxygen atoms in total. The van der Waals surface area contributed by atoms with Crippen molar-refractivity contribution in [3.05, 3.63) is 84.2 Å². The fourth-order valence-electron chi connectivity index (χ4n) is 3.46. The van der Waals surface area contributed by atoms with Crippen LogP contribution in [0.1, 0.15) is 17.5 Å². The average Bonchev–Trinajstić information content (AvgIpc) is 2.73. The molecule has 0 spiro atoms. The fraction of sp³-hybridized carbons (Fsp3) is 0.250. The number of pyridine rings is 2. The number of fused-ring (bicyclic) bond motifs is 2. The largest absolute Gasteiger partial charge is 1.00 e. The molecule has 2 aromatic heterocycles. The Morgan fingerprint density at radius 1 is 1.03 bits per heavy atom. The van der Waals surface area contributed by atoms with Gasteiger partial charge in [0.25, 0.3) is 0 Å². The van der Waals surface area contributed by atoms with Gasteiger partial charge >= 0.3 is 0 Å². The zero-order chi connectivity index (χ0) is 22.4. The van der Waals surface area contributed by atoms with Gasteiger partial charge in [-0.25, -0.2) is 8.42 Å². The van der Waals surface area contributed by atoms with Gasteiger partial charge in [0.2, 0.25) is 5.52 Å². The Morgan fingerprint density at radius 3 is 2.47 bits per heavy atom. The first kappa shape index (κ1) is 25.9. The van der Waals surface area contributed by atoms with E-state index in [9.17, 15) is 13.0 Å². The fourth-order valence-corrected chi connectivity index (χ4v) is 3.94. The molecule has 2 aromatic carbocycles. The van der Waals surface area contributed by atoms with E-state index in [1.165, 1.54) is 5.56 Å². The summed E-state index contributed by atoms with van der Waals surface area (Å²) in [6.07, 6.45) is 5.30. The maximum absolute atomic E-state index is 10.6. The molecule has 1 N–H and O–H groups in total. The zero-order valence-corrected chi connectivity index (χ0v) is 20.4. The number of nitrogens with zero attached hydrogens (tertiary/aromatic N) is 2. The number of aliphatic hydroxyl groups excluding tert-OH is 1. The number of aliphatic hydroxyl groups is 1. The van der Waals surface area contributed by atoms with Crippen LogP contribution in [0, 0.1) is 13.1 Å². The second-order valence-electron chi connectivity index (χ2n) is 7.45. The number of rotatable bonds is 5. The first-order chi connectivity index (χ1) is 14.8. The first-order valence-corrected chi connectivity index (χ1v) is 11.6. The van der Waals surface area contributed by atoms with Crippen LogP contribution in [0.15, 0.2) is 66.9 Å². The van der Waals surface area contributed by atoms with E-state index in [1.54, 1.807) is 0 Å². The molecule has 0 aliphatic heterocycles. The number of hydrogen-bond donors (Lipinski definition) is 1. The Labute approximate surface area is 199 Å². The van der Waals surface area contributed by atoms with Crippen molar-refractivity contribution >= 4 is 31.9 Å². The van der Waals surface area contributed by atoms with Gasteiger partial charge < -0.3 is 31.2 Å². The maximum Gasteiger partial charge on any atom is 0.212 e. The third kappa shape index (κ3) is 7.06. The van der Waals surface area contributed by atoms with E-state index in [0.717, 1.165) is 27.4 Å². The first-order valence-electron chi connectivity index (χ1n) is 9.99. The van der Waals surface area contributed by atoms with Gasteiger partial charge in [-0.05, 0) is 30.7 Å². The summed E-state index contributed by atoms with van der Waals surface area (Å²) in [6.45, 7) is 2.65. The summed E-state index contributed by atoms with van der Waals surface area (Å²) < 4.78 is 35.6. The summed E-state index contributed by atoms with van der Waals surface area (Å²) >= 11 is 0. The summed E-state index contributed by atoms with van der Waals surface area (Å²) in [5.74, 6) is -0.317. The predicted octanol–water partition coefficient (Wildman–Crippen LogP) is -0.668. The predicted molar refractivity (Wildman–Crippen MR) is 118 cm³/mol. The summed E-state index contributed by atoms with van der Waals surface area (Å²) in [4.78, 5) is 0. The van der Waals surface area contributed by atoms with E-state index in [2.05, 4.69) is 12.3 Å². The molecule has 32 heavy (non-hydrogen) atoms. The molecule has 0 aliphatic rings. The molecular formula is C24H26BrN2O4S-. The van der Waals surface area contributed by atoms with Crippen molar-refractivity contribution < 1.29 is 44.2 Å². The van der Waals surface area contributed by atoms with E-state index in [4.69, 9.17) is 5.11 Å². The molecule has 0 fully saturated rings. The van der Waals surface area contributed by atoms with Crippen LogP contribution in [-0.4, -0.2) is 23.8 Å². The van der Waals surface area contributed by atoms with Crippen LogP contribution in [0.4, 0.5) is 0 Å². The molecular weight excluding hydrogens is 492 g/mol. The van der Waals surface area contributed by atoms with E-state index in [-0.39, 0.29) is 29.3 Å². The Morgan fingerprint density at radius 2 is 1.75 bits per heavy atom. The van der Waals surface area contributed by atoms with Gasteiger partial charge in [-0.1, -0.05) is 29.1 Å².